The molecule has 1 aromatic carbocycles. The second-order valence-electron chi connectivity index (χ2n) is 3.20. The van der Waals surface area contributed by atoms with Crippen LogP contribution in [0.2, 0.25) is 0 Å². The molecule has 0 amide bonds. The standard InChI is InChI=1S/C13H13NOS/c1-2-10-14-13(9-6-11-16-14)15-12-7-4-3-5-8-12/h2-9,11H,1,10H2. The van der Waals surface area contributed by atoms with Crippen molar-refractivity contribution in [2.24, 2.45) is 0 Å². The molecular weight excluding hydrogens is 218 g/mol. The Morgan fingerprint density at radius 2 is 2.12 bits per heavy atom. The van der Waals surface area contributed by atoms with Crippen LogP contribution < -0.4 is 4.74 Å². The summed E-state index contributed by atoms with van der Waals surface area (Å²) in [6.07, 6.45) is 5.78. The third-order valence-electron chi connectivity index (χ3n) is 2.01. The van der Waals surface area contributed by atoms with Gasteiger partial charge in [0.15, 0.2) is 0 Å². The number of rotatable bonds is 4. The van der Waals surface area contributed by atoms with Crippen molar-refractivity contribution < 1.29 is 4.74 Å². The summed E-state index contributed by atoms with van der Waals surface area (Å²) in [6, 6.07) is 9.77. The number of ether oxygens (including phenoxy) is 1. The molecule has 0 radical (unpaired) electrons. The SMILES string of the molecule is C=CCN1SC=CC=C1Oc1ccccc1. The van der Waals surface area contributed by atoms with Crippen LogP contribution in [0.5, 0.6) is 5.75 Å². The molecular formula is C13H13NOS. The molecule has 0 atom stereocenters. The van der Waals surface area contributed by atoms with Gasteiger partial charge < -0.3 is 4.74 Å². The van der Waals surface area contributed by atoms with Crippen molar-refractivity contribution in [2.75, 3.05) is 6.54 Å². The number of nitrogens with zero attached hydrogens (tertiary/aromatic N) is 1. The van der Waals surface area contributed by atoms with Gasteiger partial charge in [0.05, 0.1) is 6.54 Å². The van der Waals surface area contributed by atoms with Gasteiger partial charge in [-0.25, -0.2) is 0 Å². The third kappa shape index (κ3) is 2.70. The minimum absolute atomic E-state index is 0.758. The molecule has 0 bridgehead atoms. The lowest BCUT2D eigenvalue weighted by Gasteiger charge is -2.24. The van der Waals surface area contributed by atoms with Crippen molar-refractivity contribution in [2.45, 2.75) is 0 Å². The summed E-state index contributed by atoms with van der Waals surface area (Å²) < 4.78 is 7.83. The van der Waals surface area contributed by atoms with Crippen molar-refractivity contribution >= 4 is 11.9 Å². The quantitative estimate of drug-likeness (QED) is 0.580. The zero-order valence-corrected chi connectivity index (χ0v) is 9.69. The fourth-order valence-electron chi connectivity index (χ4n) is 1.31. The lowest BCUT2D eigenvalue weighted by atomic mass is 10.3. The summed E-state index contributed by atoms with van der Waals surface area (Å²) in [5.74, 6) is 1.68. The smallest absolute Gasteiger partial charge is 0.206 e. The average Bonchev–Trinajstić information content (AvgIpc) is 2.33. The molecule has 0 saturated carbocycles. The van der Waals surface area contributed by atoms with E-state index in [0.717, 1.165) is 18.2 Å². The fourth-order valence-corrected chi connectivity index (χ4v) is 2.00. The Hall–Kier alpha value is -1.61. The van der Waals surface area contributed by atoms with Crippen LogP contribution in [0.25, 0.3) is 0 Å². The van der Waals surface area contributed by atoms with Gasteiger partial charge in [0.1, 0.15) is 5.75 Å². The monoisotopic (exact) mass is 231 g/mol. The minimum atomic E-state index is 0.758. The van der Waals surface area contributed by atoms with E-state index in [2.05, 4.69) is 6.58 Å². The summed E-state index contributed by atoms with van der Waals surface area (Å²) >= 11 is 1.60. The van der Waals surface area contributed by atoms with Gasteiger partial charge in [-0.3, -0.25) is 4.31 Å². The maximum atomic E-state index is 5.79. The topological polar surface area (TPSA) is 12.5 Å². The molecule has 82 valence electrons. The van der Waals surface area contributed by atoms with Crippen molar-refractivity contribution in [3.05, 3.63) is 66.4 Å². The predicted octanol–water partition coefficient (Wildman–Crippen LogP) is 3.57. The van der Waals surface area contributed by atoms with E-state index in [-0.39, 0.29) is 0 Å². The van der Waals surface area contributed by atoms with Gasteiger partial charge in [0.25, 0.3) is 0 Å². The summed E-state index contributed by atoms with van der Waals surface area (Å²) in [5.41, 5.74) is 0. The van der Waals surface area contributed by atoms with Crippen molar-refractivity contribution in [3.8, 4) is 5.75 Å². The second-order valence-corrected chi connectivity index (χ2v) is 4.13. The first-order valence-electron chi connectivity index (χ1n) is 5.05. The Morgan fingerprint density at radius 1 is 1.31 bits per heavy atom. The molecule has 1 aliphatic heterocycles. The highest BCUT2D eigenvalue weighted by atomic mass is 32.2. The fraction of sp³-hybridized carbons (Fsp3) is 0.0769. The Labute approximate surface area is 100 Å². The molecule has 0 aliphatic carbocycles. The van der Waals surface area contributed by atoms with Crippen LogP contribution in [0.3, 0.4) is 0 Å². The number of hydrogen-bond acceptors (Lipinski definition) is 3. The number of allylic oxidation sites excluding steroid dienone is 2. The van der Waals surface area contributed by atoms with E-state index < -0.39 is 0 Å². The third-order valence-corrected chi connectivity index (χ3v) is 2.87. The van der Waals surface area contributed by atoms with Crippen LogP contribution in [0.1, 0.15) is 0 Å². The van der Waals surface area contributed by atoms with Crippen LogP contribution in [-0.4, -0.2) is 10.8 Å². The predicted molar refractivity (Wildman–Crippen MR) is 68.8 cm³/mol. The average molecular weight is 231 g/mol. The molecule has 0 aromatic heterocycles. The van der Waals surface area contributed by atoms with Gasteiger partial charge in [-0.2, -0.15) is 0 Å². The van der Waals surface area contributed by atoms with Crippen LogP contribution in [0.4, 0.5) is 0 Å². The van der Waals surface area contributed by atoms with Gasteiger partial charge in [-0.15, -0.1) is 6.58 Å². The molecule has 3 heteroatoms. The number of hydrogen-bond donors (Lipinski definition) is 0. The Bertz CT molecular complexity index is 409. The Kier molecular flexibility index (Phi) is 3.72. The molecule has 1 aromatic rings. The highest BCUT2D eigenvalue weighted by Gasteiger charge is 2.12. The normalized spacial score (nSPS) is 14.5. The van der Waals surface area contributed by atoms with E-state index >= 15 is 0 Å². The number of para-hydroxylation sites is 1. The van der Waals surface area contributed by atoms with Crippen molar-refractivity contribution in [3.63, 3.8) is 0 Å². The molecule has 16 heavy (non-hydrogen) atoms. The first-order chi connectivity index (χ1) is 7.90. The first-order valence-corrected chi connectivity index (χ1v) is 5.89. The Balaban J connectivity index is 2.10. The zero-order chi connectivity index (χ0) is 11.2. The van der Waals surface area contributed by atoms with E-state index in [9.17, 15) is 0 Å². The lowest BCUT2D eigenvalue weighted by Crippen LogP contribution is -2.19. The summed E-state index contributed by atoms with van der Waals surface area (Å²) in [6.45, 7) is 4.49. The van der Waals surface area contributed by atoms with Gasteiger partial charge in [0, 0.05) is 6.08 Å². The van der Waals surface area contributed by atoms with Crippen molar-refractivity contribution in [1.29, 1.82) is 0 Å². The molecule has 0 fully saturated rings. The molecule has 0 saturated heterocycles. The van der Waals surface area contributed by atoms with Crippen molar-refractivity contribution in [1.82, 2.24) is 4.31 Å². The van der Waals surface area contributed by atoms with E-state index in [4.69, 9.17) is 4.74 Å². The summed E-state index contributed by atoms with van der Waals surface area (Å²) in [5, 5.41) is 2.02. The largest absolute Gasteiger partial charge is 0.440 e. The van der Waals surface area contributed by atoms with E-state index in [0.29, 0.717) is 0 Å². The molecule has 1 heterocycles. The maximum absolute atomic E-state index is 5.79. The van der Waals surface area contributed by atoms with Crippen LogP contribution in [-0.2, 0) is 0 Å². The summed E-state index contributed by atoms with van der Waals surface area (Å²) in [4.78, 5) is 0. The second kappa shape index (κ2) is 5.47. The summed E-state index contributed by atoms with van der Waals surface area (Å²) in [7, 11) is 0. The number of benzene rings is 1. The van der Waals surface area contributed by atoms with E-state index in [1.807, 2.05) is 58.3 Å². The zero-order valence-electron chi connectivity index (χ0n) is 8.87. The van der Waals surface area contributed by atoms with Crippen LogP contribution >= 0.6 is 11.9 Å². The minimum Gasteiger partial charge on any atom is -0.440 e. The Morgan fingerprint density at radius 3 is 2.88 bits per heavy atom. The lowest BCUT2D eigenvalue weighted by molar-refractivity contribution is 0.325. The molecule has 0 spiro atoms. The maximum Gasteiger partial charge on any atom is 0.206 e. The van der Waals surface area contributed by atoms with E-state index in [1.54, 1.807) is 11.9 Å². The molecule has 2 nitrogen and oxygen atoms in total. The van der Waals surface area contributed by atoms with Crippen LogP contribution in [0, 0.1) is 0 Å². The highest BCUT2D eigenvalue weighted by molar-refractivity contribution is 8.00. The molecule has 1 aliphatic rings. The molecule has 0 unspecified atom stereocenters. The van der Waals surface area contributed by atoms with E-state index in [1.165, 1.54) is 0 Å². The van der Waals surface area contributed by atoms with Gasteiger partial charge in [0.2, 0.25) is 5.88 Å². The highest BCUT2D eigenvalue weighted by Crippen LogP contribution is 2.25. The van der Waals surface area contributed by atoms with Gasteiger partial charge >= 0.3 is 0 Å². The molecule has 2 rings (SSSR count). The van der Waals surface area contributed by atoms with Gasteiger partial charge in [-0.1, -0.05) is 24.3 Å². The molecule has 0 N–H and O–H groups in total. The van der Waals surface area contributed by atoms with Crippen LogP contribution in [0.15, 0.2) is 66.4 Å². The first kappa shape index (κ1) is 10.9. The van der Waals surface area contributed by atoms with Gasteiger partial charge in [-0.05, 0) is 35.6 Å².